The Morgan fingerprint density at radius 1 is 1.58 bits per heavy atom. The van der Waals surface area contributed by atoms with Crippen LogP contribution in [0.2, 0.25) is 0 Å². The molecule has 72 valence electrons. The Bertz CT molecular complexity index is 104. The first kappa shape index (κ1) is 11.7. The highest BCUT2D eigenvalue weighted by atomic mass is 16.5. The maximum atomic E-state index is 5.39. The van der Waals surface area contributed by atoms with Crippen LogP contribution < -0.4 is 5.32 Å². The molecule has 0 aliphatic rings. The summed E-state index contributed by atoms with van der Waals surface area (Å²) >= 11 is 0. The zero-order valence-electron chi connectivity index (χ0n) is 8.31. The van der Waals surface area contributed by atoms with Crippen LogP contribution >= 0.6 is 0 Å². The molecule has 0 aromatic carbocycles. The third-order valence-electron chi connectivity index (χ3n) is 1.64. The van der Waals surface area contributed by atoms with Gasteiger partial charge in [-0.15, -0.1) is 6.58 Å². The van der Waals surface area contributed by atoms with Crippen molar-refractivity contribution in [3.63, 3.8) is 0 Å². The number of rotatable bonds is 8. The molecule has 1 atom stereocenters. The lowest BCUT2D eigenvalue weighted by atomic mass is 10.3. The Kier molecular flexibility index (Phi) is 8.51. The van der Waals surface area contributed by atoms with E-state index in [0.29, 0.717) is 12.7 Å². The van der Waals surface area contributed by atoms with Crippen molar-refractivity contribution in [1.29, 1.82) is 0 Å². The largest absolute Gasteiger partial charge is 0.373 e. The molecular formula is C10H21NO. The normalized spacial score (nSPS) is 12.8. The summed E-state index contributed by atoms with van der Waals surface area (Å²) in [6.07, 6.45) is 4.56. The quantitative estimate of drug-likeness (QED) is 0.445. The highest BCUT2D eigenvalue weighted by Crippen LogP contribution is 1.89. The molecule has 0 spiro atoms. The fourth-order valence-corrected chi connectivity index (χ4v) is 0.898. The average Bonchev–Trinajstić information content (AvgIpc) is 2.09. The van der Waals surface area contributed by atoms with Gasteiger partial charge in [-0.1, -0.05) is 19.4 Å². The number of nitrogens with one attached hydrogen (secondary N) is 1. The second kappa shape index (κ2) is 8.75. The number of unbranched alkanes of at least 4 members (excludes halogenated alkanes) is 1. The molecule has 0 saturated heterocycles. The van der Waals surface area contributed by atoms with Crippen LogP contribution in [-0.4, -0.2) is 25.8 Å². The van der Waals surface area contributed by atoms with Gasteiger partial charge in [0.05, 0.1) is 12.7 Å². The zero-order valence-corrected chi connectivity index (χ0v) is 8.31. The Balaban J connectivity index is 3.07. The van der Waals surface area contributed by atoms with Crippen molar-refractivity contribution in [2.24, 2.45) is 0 Å². The summed E-state index contributed by atoms with van der Waals surface area (Å²) in [6.45, 7) is 10.5. The standard InChI is InChI=1S/C10H21NO/c1-4-6-7-11-9-10(3)12-8-5-2/h5,10-11H,2,4,6-9H2,1,3H3. The maximum absolute atomic E-state index is 5.39. The molecule has 0 aromatic rings. The van der Waals surface area contributed by atoms with Gasteiger partial charge in [0.2, 0.25) is 0 Å². The van der Waals surface area contributed by atoms with Gasteiger partial charge >= 0.3 is 0 Å². The molecular weight excluding hydrogens is 150 g/mol. The Morgan fingerprint density at radius 3 is 2.92 bits per heavy atom. The summed E-state index contributed by atoms with van der Waals surface area (Å²) in [5, 5.41) is 3.34. The van der Waals surface area contributed by atoms with Crippen molar-refractivity contribution < 1.29 is 4.74 Å². The second-order valence-corrected chi connectivity index (χ2v) is 2.99. The van der Waals surface area contributed by atoms with Crippen LogP contribution in [0.15, 0.2) is 12.7 Å². The average molecular weight is 171 g/mol. The summed E-state index contributed by atoms with van der Waals surface area (Å²) in [6, 6.07) is 0. The van der Waals surface area contributed by atoms with E-state index in [9.17, 15) is 0 Å². The summed E-state index contributed by atoms with van der Waals surface area (Å²) in [5.41, 5.74) is 0. The van der Waals surface area contributed by atoms with Gasteiger partial charge in [-0.2, -0.15) is 0 Å². The molecule has 0 heterocycles. The van der Waals surface area contributed by atoms with Crippen LogP contribution in [0.3, 0.4) is 0 Å². The van der Waals surface area contributed by atoms with Crippen LogP contribution in [0.25, 0.3) is 0 Å². The lowest BCUT2D eigenvalue weighted by Gasteiger charge is -2.12. The summed E-state index contributed by atoms with van der Waals surface area (Å²) in [4.78, 5) is 0. The first-order chi connectivity index (χ1) is 5.81. The number of hydrogen-bond acceptors (Lipinski definition) is 2. The minimum atomic E-state index is 0.292. The fourth-order valence-electron chi connectivity index (χ4n) is 0.898. The van der Waals surface area contributed by atoms with E-state index in [2.05, 4.69) is 25.7 Å². The predicted octanol–water partition coefficient (Wildman–Crippen LogP) is 1.97. The molecule has 1 unspecified atom stereocenters. The summed E-state index contributed by atoms with van der Waals surface area (Å²) < 4.78 is 5.39. The van der Waals surface area contributed by atoms with E-state index >= 15 is 0 Å². The third-order valence-corrected chi connectivity index (χ3v) is 1.64. The van der Waals surface area contributed by atoms with Crippen LogP contribution in [-0.2, 0) is 4.74 Å². The van der Waals surface area contributed by atoms with Gasteiger partial charge in [0.25, 0.3) is 0 Å². The van der Waals surface area contributed by atoms with Crippen molar-refractivity contribution >= 4 is 0 Å². The topological polar surface area (TPSA) is 21.3 Å². The van der Waals surface area contributed by atoms with Gasteiger partial charge in [-0.25, -0.2) is 0 Å². The van der Waals surface area contributed by atoms with Crippen LogP contribution in [0.1, 0.15) is 26.7 Å². The molecule has 0 rings (SSSR count). The van der Waals surface area contributed by atoms with Gasteiger partial charge < -0.3 is 10.1 Å². The fraction of sp³-hybridized carbons (Fsp3) is 0.800. The van der Waals surface area contributed by atoms with E-state index < -0.39 is 0 Å². The van der Waals surface area contributed by atoms with Crippen LogP contribution in [0.5, 0.6) is 0 Å². The molecule has 0 bridgehead atoms. The molecule has 0 aromatic heterocycles. The zero-order chi connectivity index (χ0) is 9.23. The molecule has 2 nitrogen and oxygen atoms in total. The van der Waals surface area contributed by atoms with Crippen molar-refractivity contribution in [2.75, 3.05) is 19.7 Å². The van der Waals surface area contributed by atoms with Crippen molar-refractivity contribution in [2.45, 2.75) is 32.8 Å². The van der Waals surface area contributed by atoms with E-state index in [0.717, 1.165) is 13.1 Å². The van der Waals surface area contributed by atoms with Crippen molar-refractivity contribution in [1.82, 2.24) is 5.32 Å². The Labute approximate surface area is 76.0 Å². The summed E-state index contributed by atoms with van der Waals surface area (Å²) in [5.74, 6) is 0. The van der Waals surface area contributed by atoms with Crippen molar-refractivity contribution in [3.05, 3.63) is 12.7 Å². The van der Waals surface area contributed by atoms with E-state index in [1.807, 2.05) is 0 Å². The third kappa shape index (κ3) is 7.76. The predicted molar refractivity (Wildman–Crippen MR) is 53.4 cm³/mol. The van der Waals surface area contributed by atoms with Gasteiger partial charge in [0.15, 0.2) is 0 Å². The van der Waals surface area contributed by atoms with Gasteiger partial charge in [-0.05, 0) is 19.9 Å². The van der Waals surface area contributed by atoms with Crippen LogP contribution in [0.4, 0.5) is 0 Å². The lowest BCUT2D eigenvalue weighted by molar-refractivity contribution is 0.0881. The van der Waals surface area contributed by atoms with E-state index in [-0.39, 0.29) is 0 Å². The molecule has 12 heavy (non-hydrogen) atoms. The van der Waals surface area contributed by atoms with Crippen LogP contribution in [0, 0.1) is 0 Å². The monoisotopic (exact) mass is 171 g/mol. The van der Waals surface area contributed by atoms with E-state index in [4.69, 9.17) is 4.74 Å². The summed E-state index contributed by atoms with van der Waals surface area (Å²) in [7, 11) is 0. The first-order valence-electron chi connectivity index (χ1n) is 4.74. The Morgan fingerprint density at radius 2 is 2.33 bits per heavy atom. The molecule has 0 saturated carbocycles. The highest BCUT2D eigenvalue weighted by molar-refractivity contribution is 4.66. The smallest absolute Gasteiger partial charge is 0.0675 e. The first-order valence-corrected chi connectivity index (χ1v) is 4.74. The van der Waals surface area contributed by atoms with Gasteiger partial charge in [-0.3, -0.25) is 0 Å². The number of ether oxygens (including phenoxy) is 1. The second-order valence-electron chi connectivity index (χ2n) is 2.99. The minimum absolute atomic E-state index is 0.292. The molecule has 0 aliphatic carbocycles. The number of hydrogen-bond donors (Lipinski definition) is 1. The maximum Gasteiger partial charge on any atom is 0.0675 e. The van der Waals surface area contributed by atoms with E-state index in [1.54, 1.807) is 6.08 Å². The minimum Gasteiger partial charge on any atom is -0.373 e. The molecule has 0 aliphatic heterocycles. The molecule has 0 radical (unpaired) electrons. The molecule has 1 N–H and O–H groups in total. The van der Waals surface area contributed by atoms with Gasteiger partial charge in [0, 0.05) is 6.54 Å². The molecule has 0 amide bonds. The van der Waals surface area contributed by atoms with Crippen molar-refractivity contribution in [3.8, 4) is 0 Å². The highest BCUT2D eigenvalue weighted by Gasteiger charge is 1.98. The molecule has 2 heteroatoms. The lowest BCUT2D eigenvalue weighted by Crippen LogP contribution is -2.27. The molecule has 0 fully saturated rings. The van der Waals surface area contributed by atoms with Gasteiger partial charge in [0.1, 0.15) is 0 Å². The van der Waals surface area contributed by atoms with E-state index in [1.165, 1.54) is 12.8 Å². The SMILES string of the molecule is C=CCOC(C)CNCCCC. The Hall–Kier alpha value is -0.340.